The SMILES string of the molecule is C[N+]1(C)[C@H]2C[C@H](OC(=O)Nc3cc(CCCC(=O)Nc4ccc5cc(CO)ccc5c4)ccc3-c3ccccc3)C[C@@]1(I)[C@@H]1O[C@H]12. The van der Waals surface area contributed by atoms with Gasteiger partial charge < -0.3 is 24.4 Å². The summed E-state index contributed by atoms with van der Waals surface area (Å²) in [4.78, 5) is 26.1. The number of epoxide rings is 1. The third kappa shape index (κ3) is 5.90. The number of aryl methyl sites for hydroxylation is 1. The van der Waals surface area contributed by atoms with Gasteiger partial charge in [-0.05, 0) is 87.2 Å². The fraction of sp³-hybridized carbons (Fsp3) is 0.351. The van der Waals surface area contributed by atoms with Crippen LogP contribution in [0.2, 0.25) is 0 Å². The molecule has 7 rings (SSSR count). The fourth-order valence-corrected chi connectivity index (χ4v) is 8.76. The molecule has 3 N–H and O–H groups in total. The highest BCUT2D eigenvalue weighted by molar-refractivity contribution is 14.1. The molecule has 8 nitrogen and oxygen atoms in total. The van der Waals surface area contributed by atoms with Crippen molar-refractivity contribution in [2.45, 2.75) is 66.6 Å². The maximum atomic E-state index is 13.3. The van der Waals surface area contributed by atoms with E-state index in [2.05, 4.69) is 53.4 Å². The highest BCUT2D eigenvalue weighted by atomic mass is 127. The van der Waals surface area contributed by atoms with E-state index in [4.69, 9.17) is 9.47 Å². The minimum Gasteiger partial charge on any atom is -0.445 e. The first kappa shape index (κ1) is 31.1. The molecule has 0 unspecified atom stereocenters. The van der Waals surface area contributed by atoms with Crippen LogP contribution in [-0.2, 0) is 27.3 Å². The fourth-order valence-electron chi connectivity index (χ4n) is 7.41. The second-order valence-corrected chi connectivity index (χ2v) is 15.1. The molecule has 238 valence electrons. The number of aliphatic hydroxyl groups excluding tert-OH is 1. The zero-order chi connectivity index (χ0) is 32.1. The molecule has 4 aromatic carbocycles. The van der Waals surface area contributed by atoms with Gasteiger partial charge in [0.05, 0.1) is 32.8 Å². The van der Waals surface area contributed by atoms with E-state index in [9.17, 15) is 14.7 Å². The molecule has 5 atom stereocenters. The zero-order valence-electron chi connectivity index (χ0n) is 26.0. The number of amides is 2. The summed E-state index contributed by atoms with van der Waals surface area (Å²) in [6.07, 6.45) is 3.18. The van der Waals surface area contributed by atoms with Crippen molar-refractivity contribution in [3.63, 3.8) is 0 Å². The summed E-state index contributed by atoms with van der Waals surface area (Å²) >= 11 is 2.54. The van der Waals surface area contributed by atoms with Gasteiger partial charge >= 0.3 is 6.09 Å². The molecule has 2 amide bonds. The summed E-state index contributed by atoms with van der Waals surface area (Å²) in [5, 5.41) is 17.5. The van der Waals surface area contributed by atoms with E-state index in [0.29, 0.717) is 31.0 Å². The van der Waals surface area contributed by atoms with Crippen molar-refractivity contribution >= 4 is 56.7 Å². The molecule has 0 radical (unpaired) electrons. The number of rotatable bonds is 9. The van der Waals surface area contributed by atoms with Gasteiger partial charge in [0, 0.05) is 24.1 Å². The third-order valence-corrected chi connectivity index (χ3v) is 12.4. The number of nitrogens with one attached hydrogen (secondary N) is 2. The van der Waals surface area contributed by atoms with E-state index in [1.54, 1.807) is 0 Å². The normalized spacial score (nSPS) is 25.5. The number of benzene rings is 4. The van der Waals surface area contributed by atoms with Crippen LogP contribution in [-0.4, -0.2) is 63.6 Å². The standard InChI is InChI=1S/C37H38IN3O5/c1-41(2)32-20-29(21-37(41,38)35-34(32)46-35)45-36(44)40-31-18-23(12-16-30(31)25-8-4-3-5-9-25)7-6-10-33(43)39-28-15-14-26-17-24(22-42)11-13-27(26)19-28/h3-5,8-9,11-19,29,32,34-35,42H,6-7,10,20-22H2,1-2H3,(H-,39,40,43,44)/p+1/t29-,32-,34-,35+,37-/m0/s1. The quantitative estimate of drug-likeness (QED) is 0.0565. The maximum Gasteiger partial charge on any atom is 0.411 e. The molecule has 2 bridgehead atoms. The Balaban J connectivity index is 0.990. The number of ether oxygens (including phenoxy) is 2. The van der Waals surface area contributed by atoms with Gasteiger partial charge in [-0.3, -0.25) is 10.1 Å². The molecule has 4 aromatic rings. The Labute approximate surface area is 282 Å². The number of morpholine rings is 1. The topological polar surface area (TPSA) is 100 Å². The van der Waals surface area contributed by atoms with E-state index >= 15 is 0 Å². The van der Waals surface area contributed by atoms with Crippen LogP contribution in [0, 0.1) is 0 Å². The number of carbonyl (C=O) groups is 2. The van der Waals surface area contributed by atoms with Gasteiger partial charge in [-0.1, -0.05) is 60.7 Å². The number of likely N-dealkylation sites (N-methyl/N-ethyl adjacent to an activating group) is 1. The largest absolute Gasteiger partial charge is 0.445 e. The molecule has 3 aliphatic heterocycles. The molecule has 3 fully saturated rings. The van der Waals surface area contributed by atoms with Crippen LogP contribution in [0.5, 0.6) is 0 Å². The number of alkyl halides is 1. The Hall–Kier alpha value is -3.51. The maximum absolute atomic E-state index is 13.3. The van der Waals surface area contributed by atoms with Crippen LogP contribution in [0.15, 0.2) is 84.9 Å². The van der Waals surface area contributed by atoms with Crippen molar-refractivity contribution < 1.29 is 28.7 Å². The Bertz CT molecular complexity index is 1800. The molecule has 0 spiro atoms. The van der Waals surface area contributed by atoms with Crippen LogP contribution < -0.4 is 10.6 Å². The first-order valence-corrected chi connectivity index (χ1v) is 17.0. The van der Waals surface area contributed by atoms with Gasteiger partial charge in [-0.25, -0.2) is 4.79 Å². The molecular formula is C37H39IN3O5+. The van der Waals surface area contributed by atoms with Gasteiger partial charge in [-0.2, -0.15) is 0 Å². The number of halogens is 1. The average Bonchev–Trinajstić information content (AvgIpc) is 3.83. The molecule has 0 aliphatic carbocycles. The Morgan fingerprint density at radius 2 is 1.74 bits per heavy atom. The van der Waals surface area contributed by atoms with Crippen LogP contribution >= 0.6 is 22.6 Å². The molecule has 46 heavy (non-hydrogen) atoms. The average molecular weight is 733 g/mol. The highest BCUT2D eigenvalue weighted by Crippen LogP contribution is 2.61. The molecule has 0 aromatic heterocycles. The number of hydrogen-bond donors (Lipinski definition) is 3. The second kappa shape index (κ2) is 12.3. The minimum absolute atomic E-state index is 0.000154. The summed E-state index contributed by atoms with van der Waals surface area (Å²) < 4.78 is 12.8. The molecule has 3 heterocycles. The Kier molecular flexibility index (Phi) is 8.29. The van der Waals surface area contributed by atoms with Crippen LogP contribution in [0.3, 0.4) is 0 Å². The van der Waals surface area contributed by atoms with Crippen LogP contribution in [0.25, 0.3) is 21.9 Å². The summed E-state index contributed by atoms with van der Waals surface area (Å²) in [6, 6.07) is 28.0. The third-order valence-electron chi connectivity index (χ3n) is 10.1. The number of hydrogen-bond acceptors (Lipinski definition) is 5. The van der Waals surface area contributed by atoms with Crippen LogP contribution in [0.4, 0.5) is 16.2 Å². The number of fused-ring (bicyclic) bond motifs is 6. The molecular weight excluding hydrogens is 693 g/mol. The Morgan fingerprint density at radius 1 is 0.978 bits per heavy atom. The number of anilines is 2. The lowest BCUT2D eigenvalue weighted by molar-refractivity contribution is -0.943. The zero-order valence-corrected chi connectivity index (χ0v) is 28.2. The highest BCUT2D eigenvalue weighted by Gasteiger charge is 2.78. The van der Waals surface area contributed by atoms with Gasteiger partial charge in [0.15, 0.2) is 9.65 Å². The molecule has 3 saturated heterocycles. The summed E-state index contributed by atoms with van der Waals surface area (Å²) in [7, 11) is 4.53. The van der Waals surface area contributed by atoms with Crippen molar-refractivity contribution in [2.75, 3.05) is 24.7 Å². The lowest BCUT2D eigenvalue weighted by Gasteiger charge is -2.50. The van der Waals surface area contributed by atoms with Gasteiger partial charge in [0.25, 0.3) is 0 Å². The van der Waals surface area contributed by atoms with Crippen molar-refractivity contribution in [1.29, 1.82) is 0 Å². The first-order valence-electron chi connectivity index (χ1n) is 15.9. The van der Waals surface area contributed by atoms with Gasteiger partial charge in [-0.15, -0.1) is 0 Å². The first-order chi connectivity index (χ1) is 22.1. The predicted molar refractivity (Wildman–Crippen MR) is 188 cm³/mol. The lowest BCUT2D eigenvalue weighted by atomic mass is 9.96. The number of piperidine rings is 1. The van der Waals surface area contributed by atoms with Gasteiger partial charge in [0.2, 0.25) is 5.91 Å². The van der Waals surface area contributed by atoms with E-state index in [1.807, 2.05) is 78.9 Å². The summed E-state index contributed by atoms with van der Waals surface area (Å²) in [5.74, 6) is -0.0477. The van der Waals surface area contributed by atoms with Crippen molar-refractivity contribution in [2.24, 2.45) is 0 Å². The summed E-state index contributed by atoms with van der Waals surface area (Å²) in [6.45, 7) is 0.000154. The van der Waals surface area contributed by atoms with E-state index in [0.717, 1.165) is 56.0 Å². The van der Waals surface area contributed by atoms with Gasteiger partial charge in [0.1, 0.15) is 18.2 Å². The number of aliphatic hydroxyl groups is 1. The number of nitrogens with zero attached hydrogens (tertiary/aromatic N) is 1. The predicted octanol–water partition coefficient (Wildman–Crippen LogP) is 7.03. The molecule has 9 heteroatoms. The monoisotopic (exact) mass is 732 g/mol. The molecule has 3 aliphatic rings. The number of quaternary nitrogens is 1. The number of carbonyl (C=O) groups excluding carboxylic acids is 2. The second-order valence-electron chi connectivity index (χ2n) is 13.2. The van der Waals surface area contributed by atoms with Crippen molar-refractivity contribution in [3.8, 4) is 11.1 Å². The molecule has 0 saturated carbocycles. The van der Waals surface area contributed by atoms with Crippen LogP contribution in [0.1, 0.15) is 36.8 Å². The smallest absolute Gasteiger partial charge is 0.411 e. The Morgan fingerprint density at radius 3 is 2.52 bits per heavy atom. The summed E-state index contributed by atoms with van der Waals surface area (Å²) in [5.41, 5.74) is 5.26. The van der Waals surface area contributed by atoms with E-state index in [-0.39, 0.29) is 34.4 Å². The minimum atomic E-state index is -0.442. The lowest BCUT2D eigenvalue weighted by Crippen LogP contribution is -2.65. The van der Waals surface area contributed by atoms with Crippen molar-refractivity contribution in [3.05, 3.63) is 96.1 Å². The van der Waals surface area contributed by atoms with Crippen molar-refractivity contribution in [1.82, 2.24) is 0 Å². The van der Waals surface area contributed by atoms with E-state index in [1.165, 1.54) is 0 Å². The van der Waals surface area contributed by atoms with E-state index < -0.39 is 6.09 Å².